The summed E-state index contributed by atoms with van der Waals surface area (Å²) >= 11 is 5.19. The van der Waals surface area contributed by atoms with E-state index in [1.165, 1.54) is 44.9 Å². The number of halogens is 1. The summed E-state index contributed by atoms with van der Waals surface area (Å²) in [7, 11) is 0. The fourth-order valence-corrected chi connectivity index (χ4v) is 5.39. The minimum atomic E-state index is -1.18. The fraction of sp³-hybridized carbons (Fsp3) is 0.795. The molecule has 0 aromatic carbocycles. The predicted molar refractivity (Wildman–Crippen MR) is 214 cm³/mol. The van der Waals surface area contributed by atoms with Crippen LogP contribution in [-0.2, 0) is 47.7 Å². The molecule has 0 unspecified atom stereocenters. The summed E-state index contributed by atoms with van der Waals surface area (Å²) in [5, 5.41) is 33.5. The summed E-state index contributed by atoms with van der Waals surface area (Å²) in [6, 6.07) is 1.31. The second-order valence-corrected chi connectivity index (χ2v) is 13.6. The van der Waals surface area contributed by atoms with Gasteiger partial charge in [0.15, 0.2) is 0 Å². The van der Waals surface area contributed by atoms with Gasteiger partial charge in [-0.25, -0.2) is 4.79 Å². The molecule has 0 heterocycles. The van der Waals surface area contributed by atoms with Gasteiger partial charge in [-0.1, -0.05) is 77.0 Å². The van der Waals surface area contributed by atoms with Crippen molar-refractivity contribution in [3.63, 3.8) is 0 Å². The summed E-state index contributed by atoms with van der Waals surface area (Å²) < 4.78 is 21.2. The van der Waals surface area contributed by atoms with Gasteiger partial charge in [0.1, 0.15) is 19.3 Å². The van der Waals surface area contributed by atoms with Gasteiger partial charge in [0.2, 0.25) is 23.6 Å². The molecule has 18 heteroatoms. The van der Waals surface area contributed by atoms with Gasteiger partial charge >= 0.3 is 11.9 Å². The van der Waals surface area contributed by atoms with E-state index >= 15 is 0 Å². The number of aliphatic carboxylic acids is 2. The van der Waals surface area contributed by atoms with Crippen molar-refractivity contribution in [3.8, 4) is 11.4 Å². The molecule has 0 fully saturated rings. The molecule has 0 bridgehead atoms. The predicted octanol–water partition coefficient (Wildman–Crippen LogP) is 2.82. The van der Waals surface area contributed by atoms with Crippen molar-refractivity contribution in [1.29, 1.82) is 0 Å². The highest BCUT2D eigenvalue weighted by atomic mass is 35.5. The highest BCUT2D eigenvalue weighted by Crippen LogP contribution is 2.14. The van der Waals surface area contributed by atoms with E-state index in [2.05, 4.69) is 38.0 Å². The van der Waals surface area contributed by atoms with Crippen molar-refractivity contribution < 1.29 is 57.9 Å². The molecule has 0 rings (SSSR count). The molecule has 328 valence electrons. The number of carbonyl (C=O) groups excluding carboxylic acids is 4. The Morgan fingerprint density at radius 1 is 0.491 bits per heavy atom. The Kier molecular flexibility index (Phi) is 37.9. The van der Waals surface area contributed by atoms with Gasteiger partial charge in [-0.15, -0.1) is 0 Å². The molecule has 1 atom stereocenters. The number of hydrogen-bond acceptors (Lipinski definition) is 11. The Bertz CT molecular complexity index is 1150. The molecule has 57 heavy (non-hydrogen) atoms. The van der Waals surface area contributed by atoms with Crippen molar-refractivity contribution in [1.82, 2.24) is 26.6 Å². The quantitative estimate of drug-likeness (QED) is 0.0267. The van der Waals surface area contributed by atoms with Crippen LogP contribution in [-0.4, -0.2) is 131 Å². The maximum Gasteiger partial charge on any atom is 0.326 e. The van der Waals surface area contributed by atoms with Gasteiger partial charge < -0.3 is 55.7 Å². The third-order valence-electron chi connectivity index (χ3n) is 8.39. The van der Waals surface area contributed by atoms with Crippen molar-refractivity contribution in [2.24, 2.45) is 0 Å². The molecule has 7 N–H and O–H groups in total. The van der Waals surface area contributed by atoms with Gasteiger partial charge in [0, 0.05) is 56.9 Å². The van der Waals surface area contributed by atoms with Crippen LogP contribution in [0.3, 0.4) is 0 Å². The van der Waals surface area contributed by atoms with Gasteiger partial charge in [-0.05, 0) is 30.9 Å². The zero-order valence-corrected chi connectivity index (χ0v) is 34.4. The average Bonchev–Trinajstić information content (AvgIpc) is 3.17. The van der Waals surface area contributed by atoms with Crippen LogP contribution in [0.4, 0.5) is 0 Å². The zero-order chi connectivity index (χ0) is 42.0. The first-order valence-corrected chi connectivity index (χ1v) is 20.7. The largest absolute Gasteiger partial charge is 0.481 e. The standard InChI is InChI=1S/C39H68ClN5O12/c40-19-20-41-21-22-42-36(48)31-56-29-28-55-26-24-44-37(49)32-57-30-27-54-25-23-43-34(46)18-17-33(39(52)53)45-35(47)15-13-11-9-7-5-3-1-2-4-6-8-10-12-14-16-38(50)51/h33,41H,1-18,21-32H2,(H,42,48)(H,43,46)(H,44,49)(H,45,47)(H,50,51)(H,52,53)/t33-/m0/s1. The second-order valence-electron chi connectivity index (χ2n) is 13.4. The summed E-state index contributed by atoms with van der Waals surface area (Å²) in [6.07, 6.45) is 15.5. The maximum atomic E-state index is 12.3. The molecule has 0 aliphatic rings. The molecule has 4 amide bonds. The number of nitrogens with one attached hydrogen (secondary N) is 5. The van der Waals surface area contributed by atoms with Crippen LogP contribution >= 0.6 is 11.6 Å². The topological polar surface area (TPSA) is 240 Å². The molecule has 0 radical (unpaired) electrons. The smallest absolute Gasteiger partial charge is 0.326 e. The third-order valence-corrected chi connectivity index (χ3v) is 8.49. The van der Waals surface area contributed by atoms with Crippen LogP contribution < -0.4 is 26.6 Å². The molecule has 0 aromatic heterocycles. The van der Waals surface area contributed by atoms with E-state index in [-0.39, 0.29) is 115 Å². The second kappa shape index (κ2) is 40.5. The van der Waals surface area contributed by atoms with Crippen LogP contribution in [0.1, 0.15) is 116 Å². The van der Waals surface area contributed by atoms with Gasteiger partial charge in [0.05, 0.1) is 39.6 Å². The summed E-state index contributed by atoms with van der Waals surface area (Å²) in [5.41, 5.74) is 0. The van der Waals surface area contributed by atoms with Crippen LogP contribution in [0.25, 0.3) is 0 Å². The number of ether oxygens (including phenoxy) is 4. The van der Waals surface area contributed by atoms with E-state index in [1.807, 2.05) is 0 Å². The Morgan fingerprint density at radius 3 is 1.40 bits per heavy atom. The summed E-state index contributed by atoms with van der Waals surface area (Å²) in [5.74, 6) is -3.16. The van der Waals surface area contributed by atoms with Crippen molar-refractivity contribution in [2.45, 2.75) is 122 Å². The van der Waals surface area contributed by atoms with E-state index in [0.717, 1.165) is 38.5 Å². The van der Waals surface area contributed by atoms with E-state index in [1.54, 1.807) is 0 Å². The normalized spacial score (nSPS) is 11.2. The number of amides is 4. The van der Waals surface area contributed by atoms with Gasteiger partial charge in [-0.3, -0.25) is 24.0 Å². The van der Waals surface area contributed by atoms with E-state index < -0.39 is 18.0 Å². The SMILES string of the molecule is O=C(O)CCCCCCCCCCCCCCCCC(=O)N[C@@H](CCC(=O)NCCOCCOCC(=O)NCCOCCOCC(=O)NCCNC#CCl)C(=O)O. The minimum Gasteiger partial charge on any atom is -0.481 e. The van der Waals surface area contributed by atoms with Crippen molar-refractivity contribution in [3.05, 3.63) is 0 Å². The molecular weight excluding hydrogens is 766 g/mol. The first-order chi connectivity index (χ1) is 27.6. The number of rotatable bonds is 41. The van der Waals surface area contributed by atoms with Gasteiger partial charge in [-0.2, -0.15) is 0 Å². The molecule has 0 spiro atoms. The molecular formula is C39H68ClN5O12. The fourth-order valence-electron chi connectivity index (χ4n) is 5.33. The van der Waals surface area contributed by atoms with Crippen LogP contribution in [0.2, 0.25) is 0 Å². The third kappa shape index (κ3) is 40.3. The number of hydrogen-bond donors (Lipinski definition) is 7. The number of carboxylic acid groups (broad SMARTS) is 2. The number of carboxylic acids is 2. The highest BCUT2D eigenvalue weighted by Gasteiger charge is 2.20. The molecule has 0 saturated heterocycles. The molecule has 0 aromatic rings. The van der Waals surface area contributed by atoms with Crippen LogP contribution in [0.5, 0.6) is 0 Å². The van der Waals surface area contributed by atoms with Crippen molar-refractivity contribution >= 4 is 47.2 Å². The Morgan fingerprint density at radius 2 is 0.930 bits per heavy atom. The Labute approximate surface area is 343 Å². The van der Waals surface area contributed by atoms with Crippen molar-refractivity contribution in [2.75, 3.05) is 79.0 Å². The molecule has 0 aliphatic heterocycles. The number of unbranched alkanes of at least 4 members (excludes halogenated alkanes) is 13. The first kappa shape index (κ1) is 53.3. The molecule has 0 saturated carbocycles. The monoisotopic (exact) mass is 833 g/mol. The zero-order valence-electron chi connectivity index (χ0n) is 33.6. The van der Waals surface area contributed by atoms with Crippen LogP contribution in [0.15, 0.2) is 0 Å². The molecule has 17 nitrogen and oxygen atoms in total. The Hall–Kier alpha value is -3.69. The molecule has 0 aliphatic carbocycles. The lowest BCUT2D eigenvalue weighted by Gasteiger charge is -2.14. The van der Waals surface area contributed by atoms with E-state index in [4.69, 9.17) is 35.7 Å². The lowest BCUT2D eigenvalue weighted by atomic mass is 10.0. The van der Waals surface area contributed by atoms with Crippen LogP contribution in [0, 0.1) is 11.4 Å². The Balaban J connectivity index is 3.65. The number of carbonyl (C=O) groups is 6. The first-order valence-electron chi connectivity index (χ1n) is 20.3. The maximum absolute atomic E-state index is 12.3. The van der Waals surface area contributed by atoms with Gasteiger partial charge in [0.25, 0.3) is 0 Å². The van der Waals surface area contributed by atoms with E-state index in [9.17, 15) is 33.9 Å². The van der Waals surface area contributed by atoms with E-state index in [0.29, 0.717) is 19.5 Å². The summed E-state index contributed by atoms with van der Waals surface area (Å²) in [6.45, 7) is 2.42. The summed E-state index contributed by atoms with van der Waals surface area (Å²) in [4.78, 5) is 70.0. The minimum absolute atomic E-state index is 0.0246. The lowest BCUT2D eigenvalue weighted by Crippen LogP contribution is -2.41. The average molecular weight is 834 g/mol. The highest BCUT2D eigenvalue weighted by molar-refractivity contribution is 6.30. The lowest BCUT2D eigenvalue weighted by molar-refractivity contribution is -0.142.